The highest BCUT2D eigenvalue weighted by molar-refractivity contribution is 6.28. The summed E-state index contributed by atoms with van der Waals surface area (Å²) in [5, 5.41) is 10.5. The van der Waals surface area contributed by atoms with E-state index in [0.717, 1.165) is 0 Å². The molecule has 0 saturated carbocycles. The quantitative estimate of drug-likeness (QED) is 0.376. The minimum atomic E-state index is 0.0903. The molecule has 0 radical (unpaired) electrons. The molecule has 1 aromatic heterocycles. The lowest BCUT2D eigenvalue weighted by Crippen LogP contribution is -2.26. The van der Waals surface area contributed by atoms with E-state index < -0.39 is 0 Å². The molecule has 0 aromatic carbocycles. The van der Waals surface area contributed by atoms with Crippen LogP contribution in [0, 0.1) is 5.21 Å². The molecule has 1 heterocycles. The van der Waals surface area contributed by atoms with E-state index in [9.17, 15) is 5.21 Å². The fourth-order valence-corrected chi connectivity index (χ4v) is 0.444. The van der Waals surface area contributed by atoms with Gasteiger partial charge in [-0.1, -0.05) is 0 Å². The second-order valence-corrected chi connectivity index (χ2v) is 1.61. The van der Waals surface area contributed by atoms with E-state index in [0.29, 0.717) is 4.73 Å². The SMILES string of the molecule is [O-][n+]1ccncc1Cl. The summed E-state index contributed by atoms with van der Waals surface area (Å²) in [5.41, 5.74) is 0. The topological polar surface area (TPSA) is 39.8 Å². The van der Waals surface area contributed by atoms with Gasteiger partial charge in [0.05, 0.1) is 6.20 Å². The van der Waals surface area contributed by atoms with Gasteiger partial charge < -0.3 is 5.21 Å². The Kier molecular flexibility index (Phi) is 1.30. The van der Waals surface area contributed by atoms with E-state index in [1.54, 1.807) is 0 Å². The monoisotopic (exact) mass is 130 g/mol. The first-order valence-corrected chi connectivity index (χ1v) is 2.37. The van der Waals surface area contributed by atoms with Crippen molar-refractivity contribution < 1.29 is 4.73 Å². The lowest BCUT2D eigenvalue weighted by atomic mass is 10.8. The van der Waals surface area contributed by atoms with Gasteiger partial charge in [0.15, 0.2) is 6.20 Å². The van der Waals surface area contributed by atoms with Crippen LogP contribution in [0.1, 0.15) is 0 Å². The Morgan fingerprint density at radius 2 is 2.50 bits per heavy atom. The van der Waals surface area contributed by atoms with Crippen molar-refractivity contribution in [1.82, 2.24) is 4.98 Å². The van der Waals surface area contributed by atoms with E-state index in [2.05, 4.69) is 4.98 Å². The zero-order valence-electron chi connectivity index (χ0n) is 3.91. The van der Waals surface area contributed by atoms with E-state index in [1.165, 1.54) is 18.6 Å². The van der Waals surface area contributed by atoms with Crippen LogP contribution in [0.4, 0.5) is 0 Å². The third-order valence-corrected chi connectivity index (χ3v) is 0.944. The normalized spacial score (nSPS) is 9.12. The highest BCUT2D eigenvalue weighted by Gasteiger charge is 1.94. The Morgan fingerprint density at radius 3 is 2.88 bits per heavy atom. The maximum Gasteiger partial charge on any atom is 0.304 e. The van der Waals surface area contributed by atoms with Gasteiger partial charge in [-0.2, -0.15) is 4.73 Å². The molecule has 0 unspecified atom stereocenters. The van der Waals surface area contributed by atoms with Crippen molar-refractivity contribution in [3.05, 3.63) is 29.0 Å². The first-order chi connectivity index (χ1) is 3.80. The molecule has 4 heteroatoms. The second-order valence-electron chi connectivity index (χ2n) is 1.22. The number of aromatic nitrogens is 2. The first kappa shape index (κ1) is 5.31. The number of halogens is 1. The van der Waals surface area contributed by atoms with Gasteiger partial charge in [-0.3, -0.25) is 4.98 Å². The molecule has 8 heavy (non-hydrogen) atoms. The molecule has 0 aliphatic heterocycles. The van der Waals surface area contributed by atoms with Gasteiger partial charge in [-0.15, -0.1) is 0 Å². The van der Waals surface area contributed by atoms with Crippen LogP contribution in [0.3, 0.4) is 0 Å². The highest BCUT2D eigenvalue weighted by Crippen LogP contribution is 1.93. The molecular weight excluding hydrogens is 128 g/mol. The van der Waals surface area contributed by atoms with Gasteiger partial charge in [-0.25, -0.2) is 0 Å². The summed E-state index contributed by atoms with van der Waals surface area (Å²) in [6.07, 6.45) is 3.90. The van der Waals surface area contributed by atoms with Crippen LogP contribution in [0.5, 0.6) is 0 Å². The lowest BCUT2D eigenvalue weighted by molar-refractivity contribution is -0.603. The number of rotatable bonds is 0. The van der Waals surface area contributed by atoms with Crippen LogP contribution in [-0.4, -0.2) is 4.98 Å². The Bertz CT molecular complexity index is 170. The molecule has 0 bridgehead atoms. The summed E-state index contributed by atoms with van der Waals surface area (Å²) in [5.74, 6) is 0. The van der Waals surface area contributed by atoms with Gasteiger partial charge in [0.25, 0.3) is 0 Å². The van der Waals surface area contributed by atoms with Crippen molar-refractivity contribution >= 4 is 11.6 Å². The maximum atomic E-state index is 10.4. The van der Waals surface area contributed by atoms with Crippen LogP contribution >= 0.6 is 11.6 Å². The average Bonchev–Trinajstić information content (AvgIpc) is 1.77. The molecule has 1 rings (SSSR count). The zero-order valence-corrected chi connectivity index (χ0v) is 4.67. The van der Waals surface area contributed by atoms with Crippen LogP contribution in [0.25, 0.3) is 0 Å². The standard InChI is InChI=1S/C4H3ClN2O/c5-4-3-6-1-2-7(4)8/h1-3H. The van der Waals surface area contributed by atoms with Gasteiger partial charge in [0, 0.05) is 0 Å². The second kappa shape index (κ2) is 1.96. The van der Waals surface area contributed by atoms with Crippen LogP contribution in [-0.2, 0) is 0 Å². The summed E-state index contributed by atoms with van der Waals surface area (Å²) in [6, 6.07) is 0. The van der Waals surface area contributed by atoms with Crippen LogP contribution in [0.2, 0.25) is 5.15 Å². The molecule has 0 saturated heterocycles. The van der Waals surface area contributed by atoms with Gasteiger partial charge in [0.1, 0.15) is 6.20 Å². The molecule has 0 aliphatic carbocycles. The van der Waals surface area contributed by atoms with Gasteiger partial charge >= 0.3 is 5.15 Å². The zero-order chi connectivity index (χ0) is 5.98. The largest absolute Gasteiger partial charge is 0.618 e. The van der Waals surface area contributed by atoms with Crippen LogP contribution < -0.4 is 4.73 Å². The van der Waals surface area contributed by atoms with Gasteiger partial charge in [-0.05, 0) is 11.6 Å². The molecule has 0 fully saturated rings. The highest BCUT2D eigenvalue weighted by atomic mass is 35.5. The minimum Gasteiger partial charge on any atom is -0.618 e. The Balaban J connectivity index is 3.13. The van der Waals surface area contributed by atoms with E-state index in [-0.39, 0.29) is 5.15 Å². The third-order valence-electron chi connectivity index (χ3n) is 0.680. The molecule has 0 atom stereocenters. The fraction of sp³-hybridized carbons (Fsp3) is 0. The predicted octanol–water partition coefficient (Wildman–Crippen LogP) is 0.368. The van der Waals surface area contributed by atoms with E-state index >= 15 is 0 Å². The first-order valence-electron chi connectivity index (χ1n) is 1.99. The van der Waals surface area contributed by atoms with Crippen molar-refractivity contribution in [3.8, 4) is 0 Å². The molecular formula is C4H3ClN2O. The van der Waals surface area contributed by atoms with Gasteiger partial charge in [0.2, 0.25) is 0 Å². The van der Waals surface area contributed by atoms with Crippen molar-refractivity contribution in [1.29, 1.82) is 0 Å². The molecule has 1 aromatic rings. The summed E-state index contributed by atoms with van der Waals surface area (Å²) < 4.78 is 0.536. The van der Waals surface area contributed by atoms with Crippen LogP contribution in [0.15, 0.2) is 18.6 Å². The molecule has 0 spiro atoms. The maximum absolute atomic E-state index is 10.4. The molecule has 0 aliphatic rings. The third kappa shape index (κ3) is 0.869. The van der Waals surface area contributed by atoms with Crippen molar-refractivity contribution in [2.45, 2.75) is 0 Å². The minimum absolute atomic E-state index is 0.0903. The van der Waals surface area contributed by atoms with E-state index in [4.69, 9.17) is 11.6 Å². The van der Waals surface area contributed by atoms with E-state index in [1.807, 2.05) is 0 Å². The average molecular weight is 131 g/mol. The Morgan fingerprint density at radius 1 is 1.75 bits per heavy atom. The number of hydrogen-bond donors (Lipinski definition) is 0. The summed E-state index contributed by atoms with van der Waals surface area (Å²) in [7, 11) is 0. The number of nitrogens with zero attached hydrogens (tertiary/aromatic N) is 2. The molecule has 0 N–H and O–H groups in total. The summed E-state index contributed by atoms with van der Waals surface area (Å²) in [4.78, 5) is 3.59. The lowest BCUT2D eigenvalue weighted by Gasteiger charge is -1.92. The summed E-state index contributed by atoms with van der Waals surface area (Å²) >= 11 is 5.30. The summed E-state index contributed by atoms with van der Waals surface area (Å²) in [6.45, 7) is 0. The van der Waals surface area contributed by atoms with Crippen molar-refractivity contribution in [2.24, 2.45) is 0 Å². The molecule has 3 nitrogen and oxygen atoms in total. The fourth-order valence-electron chi connectivity index (χ4n) is 0.332. The Hall–Kier alpha value is -0.830. The Labute approximate surface area is 51.1 Å². The smallest absolute Gasteiger partial charge is 0.304 e. The number of hydrogen-bond acceptors (Lipinski definition) is 2. The van der Waals surface area contributed by atoms with Crippen molar-refractivity contribution in [3.63, 3.8) is 0 Å². The predicted molar refractivity (Wildman–Crippen MR) is 28.2 cm³/mol. The molecule has 42 valence electrons. The molecule has 0 amide bonds. The van der Waals surface area contributed by atoms with Crippen molar-refractivity contribution in [2.75, 3.05) is 0 Å².